The number of benzene rings is 2. The summed E-state index contributed by atoms with van der Waals surface area (Å²) in [5, 5.41) is 5.66. The van der Waals surface area contributed by atoms with E-state index in [-0.39, 0.29) is 18.9 Å². The molecule has 2 N–H and O–H groups in total. The van der Waals surface area contributed by atoms with Gasteiger partial charge in [-0.05, 0) is 72.4 Å². The minimum atomic E-state index is -1.08. The minimum Gasteiger partial charge on any atom is -0.458 e. The van der Waals surface area contributed by atoms with Crippen molar-refractivity contribution in [2.24, 2.45) is 5.92 Å². The highest BCUT2D eigenvalue weighted by atomic mass is 16.6. The first-order chi connectivity index (χ1) is 20.5. The van der Waals surface area contributed by atoms with Gasteiger partial charge in [-0.25, -0.2) is 9.59 Å². The van der Waals surface area contributed by atoms with Crippen molar-refractivity contribution in [2.45, 2.75) is 111 Å². The van der Waals surface area contributed by atoms with Gasteiger partial charge in [-0.15, -0.1) is 0 Å². The number of rotatable bonds is 12. The number of likely N-dealkylation sites (N-methyl/N-ethyl adjacent to an activating group) is 1. The third-order valence-corrected chi connectivity index (χ3v) is 7.02. The molecule has 9 nitrogen and oxygen atoms in total. The highest BCUT2D eigenvalue weighted by Crippen LogP contribution is 2.26. The normalized spacial score (nSPS) is 14.4. The molecular weight excluding hydrogens is 558 g/mol. The Balaban J connectivity index is 2.53. The second kappa shape index (κ2) is 15.7. The van der Waals surface area contributed by atoms with Gasteiger partial charge >= 0.3 is 12.1 Å². The number of carbonyl (C=O) groups excluding carboxylic acids is 4. The zero-order valence-electron chi connectivity index (χ0n) is 28.0. The number of ether oxygens (including phenoxy) is 2. The molecule has 0 saturated carbocycles. The predicted molar refractivity (Wildman–Crippen MR) is 172 cm³/mol. The van der Waals surface area contributed by atoms with Gasteiger partial charge in [0.1, 0.15) is 29.3 Å². The Morgan fingerprint density at radius 3 is 1.89 bits per heavy atom. The fourth-order valence-electron chi connectivity index (χ4n) is 4.65. The average Bonchev–Trinajstić information content (AvgIpc) is 2.92. The van der Waals surface area contributed by atoms with Crippen molar-refractivity contribution in [3.63, 3.8) is 0 Å². The minimum absolute atomic E-state index is 0.170. The Morgan fingerprint density at radius 1 is 0.818 bits per heavy atom. The lowest BCUT2D eigenvalue weighted by molar-refractivity contribution is -0.159. The summed E-state index contributed by atoms with van der Waals surface area (Å²) >= 11 is 0. The second-order valence-electron chi connectivity index (χ2n) is 13.2. The molecular formula is C35H51N3O6. The van der Waals surface area contributed by atoms with Gasteiger partial charge in [-0.3, -0.25) is 9.59 Å². The highest BCUT2D eigenvalue weighted by Gasteiger charge is 2.39. The van der Waals surface area contributed by atoms with Crippen LogP contribution in [0.2, 0.25) is 0 Å². The zero-order chi connectivity index (χ0) is 33.2. The molecule has 0 fully saturated rings. The molecule has 242 valence electrons. The molecule has 2 aromatic carbocycles. The van der Waals surface area contributed by atoms with Crippen molar-refractivity contribution in [1.29, 1.82) is 0 Å². The van der Waals surface area contributed by atoms with E-state index in [0.717, 1.165) is 11.1 Å². The van der Waals surface area contributed by atoms with Gasteiger partial charge in [0.05, 0.1) is 0 Å². The lowest BCUT2D eigenvalue weighted by atomic mass is 9.95. The molecule has 2 rings (SSSR count). The maximum Gasteiger partial charge on any atom is 0.408 e. The third-order valence-electron chi connectivity index (χ3n) is 7.02. The summed E-state index contributed by atoms with van der Waals surface area (Å²) in [6, 6.07) is 13.7. The van der Waals surface area contributed by atoms with Crippen molar-refractivity contribution in [3.8, 4) is 0 Å². The number of alkyl carbamates (subject to hydrolysis) is 1. The molecule has 9 heteroatoms. The molecule has 0 radical (unpaired) electrons. The molecule has 3 amide bonds. The van der Waals surface area contributed by atoms with E-state index in [1.165, 1.54) is 4.90 Å². The van der Waals surface area contributed by atoms with Crippen molar-refractivity contribution >= 4 is 23.9 Å². The van der Waals surface area contributed by atoms with Gasteiger partial charge in [0.2, 0.25) is 11.8 Å². The van der Waals surface area contributed by atoms with Crippen LogP contribution in [-0.4, -0.2) is 58.6 Å². The standard InChI is InChI=1S/C35H51N3O6/c1-11-24(4)28(37-33(42)44-35(8,9)10)31(40)38(12-2)29(26-20-18-23(3)19-21-26)30(39)36-27(32(41)43-34(5,6)7)22-25-16-14-13-15-17-25/h13-21,24,27-29H,11-12,22H2,1-10H3,(H,36,39)(H,37,42). The molecule has 0 bridgehead atoms. The Labute approximate surface area is 263 Å². The van der Waals surface area contributed by atoms with Crippen LogP contribution >= 0.6 is 0 Å². The van der Waals surface area contributed by atoms with Crippen molar-refractivity contribution in [1.82, 2.24) is 15.5 Å². The number of aryl methyl sites for hydroxylation is 1. The van der Waals surface area contributed by atoms with Crippen LogP contribution in [0.3, 0.4) is 0 Å². The monoisotopic (exact) mass is 609 g/mol. The first-order valence-corrected chi connectivity index (χ1v) is 15.4. The summed E-state index contributed by atoms with van der Waals surface area (Å²) in [6.07, 6.45) is 0.0947. The van der Waals surface area contributed by atoms with E-state index in [1.54, 1.807) is 60.6 Å². The average molecular weight is 610 g/mol. The largest absolute Gasteiger partial charge is 0.458 e. The van der Waals surface area contributed by atoms with Gasteiger partial charge in [0.15, 0.2) is 0 Å². The smallest absolute Gasteiger partial charge is 0.408 e. The second-order valence-corrected chi connectivity index (χ2v) is 13.2. The molecule has 0 spiro atoms. The lowest BCUT2D eigenvalue weighted by Gasteiger charge is -2.36. The SMILES string of the molecule is CCC(C)C(NC(=O)OC(C)(C)C)C(=O)N(CC)C(C(=O)NC(Cc1ccccc1)C(=O)OC(C)(C)C)c1ccc(C)cc1. The van der Waals surface area contributed by atoms with Crippen LogP contribution in [0.25, 0.3) is 0 Å². The lowest BCUT2D eigenvalue weighted by Crippen LogP contribution is -2.56. The first kappa shape index (κ1) is 36.3. The van der Waals surface area contributed by atoms with Gasteiger partial charge in [-0.1, -0.05) is 80.4 Å². The number of esters is 1. The summed E-state index contributed by atoms with van der Waals surface area (Å²) in [6.45, 7) is 18.2. The molecule has 4 atom stereocenters. The van der Waals surface area contributed by atoms with Crippen molar-refractivity contribution in [3.05, 3.63) is 71.3 Å². The number of carbonyl (C=O) groups is 4. The van der Waals surface area contributed by atoms with Gasteiger partial charge < -0.3 is 25.0 Å². The molecule has 0 aliphatic heterocycles. The van der Waals surface area contributed by atoms with Crippen LogP contribution in [0.5, 0.6) is 0 Å². The Bertz CT molecular complexity index is 1250. The summed E-state index contributed by atoms with van der Waals surface area (Å²) in [4.78, 5) is 56.1. The van der Waals surface area contributed by atoms with Crippen molar-refractivity contribution < 1.29 is 28.7 Å². The molecule has 0 aliphatic carbocycles. The maximum atomic E-state index is 14.3. The van der Waals surface area contributed by atoms with Crippen LogP contribution in [0.15, 0.2) is 54.6 Å². The summed E-state index contributed by atoms with van der Waals surface area (Å²) in [5.74, 6) is -1.78. The Hall–Kier alpha value is -3.88. The van der Waals surface area contributed by atoms with E-state index in [4.69, 9.17) is 9.47 Å². The van der Waals surface area contributed by atoms with E-state index in [9.17, 15) is 19.2 Å². The number of hydrogen-bond acceptors (Lipinski definition) is 6. The topological polar surface area (TPSA) is 114 Å². The molecule has 0 saturated heterocycles. The van der Waals surface area contributed by atoms with Gasteiger partial charge in [0.25, 0.3) is 0 Å². The summed E-state index contributed by atoms with van der Waals surface area (Å²) in [7, 11) is 0. The zero-order valence-corrected chi connectivity index (χ0v) is 28.0. The van der Waals surface area contributed by atoms with Crippen molar-refractivity contribution in [2.75, 3.05) is 6.54 Å². The Morgan fingerprint density at radius 2 is 1.39 bits per heavy atom. The van der Waals surface area contributed by atoms with E-state index in [0.29, 0.717) is 12.0 Å². The molecule has 0 heterocycles. The number of amides is 3. The predicted octanol–water partition coefficient (Wildman–Crippen LogP) is 5.89. The van der Waals surface area contributed by atoms with Crippen LogP contribution < -0.4 is 10.6 Å². The van der Waals surface area contributed by atoms with Crippen LogP contribution in [-0.2, 0) is 30.3 Å². The van der Waals surface area contributed by atoms with E-state index in [2.05, 4.69) is 10.6 Å². The van der Waals surface area contributed by atoms with E-state index >= 15 is 0 Å². The first-order valence-electron chi connectivity index (χ1n) is 15.4. The summed E-state index contributed by atoms with van der Waals surface area (Å²) < 4.78 is 11.1. The molecule has 0 aliphatic rings. The third kappa shape index (κ3) is 11.3. The molecule has 0 aromatic heterocycles. The van der Waals surface area contributed by atoms with Gasteiger partial charge in [0, 0.05) is 13.0 Å². The maximum absolute atomic E-state index is 14.3. The fourth-order valence-corrected chi connectivity index (χ4v) is 4.65. The number of nitrogens with one attached hydrogen (secondary N) is 2. The number of nitrogens with zero attached hydrogens (tertiary/aromatic N) is 1. The highest BCUT2D eigenvalue weighted by molar-refractivity contribution is 5.94. The van der Waals surface area contributed by atoms with Gasteiger partial charge in [-0.2, -0.15) is 0 Å². The molecule has 44 heavy (non-hydrogen) atoms. The summed E-state index contributed by atoms with van der Waals surface area (Å²) in [5.41, 5.74) is 0.887. The van der Waals surface area contributed by atoms with Crippen LogP contribution in [0.1, 0.15) is 91.5 Å². The van der Waals surface area contributed by atoms with E-state index < -0.39 is 53.2 Å². The Kier molecular flexibility index (Phi) is 13.0. The van der Waals surface area contributed by atoms with Crippen LogP contribution in [0.4, 0.5) is 4.79 Å². The van der Waals surface area contributed by atoms with E-state index in [1.807, 2.05) is 63.2 Å². The molecule has 2 aromatic rings. The molecule has 4 unspecified atom stereocenters. The van der Waals surface area contributed by atoms with Crippen LogP contribution in [0, 0.1) is 12.8 Å². The number of hydrogen-bond donors (Lipinski definition) is 2. The fraction of sp³-hybridized carbons (Fsp3) is 0.543. The quantitative estimate of drug-likeness (QED) is 0.290.